The van der Waals surface area contributed by atoms with Crippen LogP contribution in [0.3, 0.4) is 0 Å². The van der Waals surface area contributed by atoms with Crippen LogP contribution in [0.2, 0.25) is 5.02 Å². The van der Waals surface area contributed by atoms with Crippen LogP contribution in [0.1, 0.15) is 12.8 Å². The topological polar surface area (TPSA) is 81.0 Å². The van der Waals surface area contributed by atoms with Crippen molar-refractivity contribution in [1.29, 1.82) is 0 Å². The van der Waals surface area contributed by atoms with Crippen LogP contribution in [0.25, 0.3) is 16.9 Å². The quantitative estimate of drug-likeness (QED) is 0.344. The number of carbonyl (C=O) groups excluding carboxylic acids is 1. The molecule has 2 aliphatic rings. The molecule has 0 spiro atoms. The van der Waals surface area contributed by atoms with E-state index in [0.717, 1.165) is 46.6 Å². The first-order valence-electron chi connectivity index (χ1n) is 12.3. The number of hydrogen-bond donors (Lipinski definition) is 1. The highest BCUT2D eigenvalue weighted by atomic mass is 79.9. The first kappa shape index (κ1) is 24.1. The third-order valence-electron chi connectivity index (χ3n) is 6.86. The van der Waals surface area contributed by atoms with Gasteiger partial charge in [-0.1, -0.05) is 41.9 Å². The fourth-order valence-corrected chi connectivity index (χ4v) is 5.40. The van der Waals surface area contributed by atoms with Crippen molar-refractivity contribution in [2.75, 3.05) is 31.6 Å². The largest absolute Gasteiger partial charge is 0.485 e. The highest BCUT2D eigenvalue weighted by molar-refractivity contribution is 9.10. The number of anilines is 1. The van der Waals surface area contributed by atoms with Crippen LogP contribution in [0.4, 0.5) is 5.82 Å². The van der Waals surface area contributed by atoms with E-state index in [1.807, 2.05) is 59.5 Å². The minimum atomic E-state index is -0.601. The summed E-state index contributed by atoms with van der Waals surface area (Å²) in [4.78, 5) is 19.7. The Kier molecular flexibility index (Phi) is 6.65. The molecule has 1 fully saturated rings. The van der Waals surface area contributed by atoms with Crippen molar-refractivity contribution in [3.63, 3.8) is 0 Å². The maximum absolute atomic E-state index is 13.1. The number of halogens is 2. The molecule has 8 nitrogen and oxygen atoms in total. The molecule has 1 unspecified atom stereocenters. The first-order valence-corrected chi connectivity index (χ1v) is 13.4. The van der Waals surface area contributed by atoms with E-state index in [0.29, 0.717) is 35.5 Å². The maximum Gasteiger partial charge on any atom is 0.267 e. The summed E-state index contributed by atoms with van der Waals surface area (Å²) >= 11 is 10.0. The Bertz CT molecular complexity index is 1450. The predicted octanol–water partition coefficient (Wildman–Crippen LogP) is 5.30. The number of nitrogens with zero attached hydrogens (tertiary/aromatic N) is 4. The Morgan fingerprint density at radius 3 is 2.68 bits per heavy atom. The molecule has 37 heavy (non-hydrogen) atoms. The van der Waals surface area contributed by atoms with Gasteiger partial charge in [0.25, 0.3) is 5.91 Å². The number of benzene rings is 2. The lowest BCUT2D eigenvalue weighted by atomic mass is 9.96. The van der Waals surface area contributed by atoms with Crippen molar-refractivity contribution in [2.24, 2.45) is 5.92 Å². The van der Waals surface area contributed by atoms with Crippen molar-refractivity contribution in [3.8, 4) is 22.8 Å². The molecule has 10 heteroatoms. The lowest BCUT2D eigenvalue weighted by Crippen LogP contribution is -2.49. The smallest absolute Gasteiger partial charge is 0.267 e. The van der Waals surface area contributed by atoms with Gasteiger partial charge in [0.1, 0.15) is 12.4 Å². The van der Waals surface area contributed by atoms with Gasteiger partial charge < -0.3 is 19.7 Å². The zero-order valence-electron chi connectivity index (χ0n) is 19.9. The van der Waals surface area contributed by atoms with Crippen LogP contribution in [0.5, 0.6) is 11.5 Å². The van der Waals surface area contributed by atoms with Crippen LogP contribution in [-0.4, -0.2) is 57.8 Å². The van der Waals surface area contributed by atoms with E-state index in [-0.39, 0.29) is 12.5 Å². The van der Waals surface area contributed by atoms with E-state index in [4.69, 9.17) is 26.1 Å². The summed E-state index contributed by atoms with van der Waals surface area (Å²) < 4.78 is 14.3. The van der Waals surface area contributed by atoms with Gasteiger partial charge in [0.15, 0.2) is 17.1 Å². The molecule has 190 valence electrons. The monoisotopic (exact) mass is 581 g/mol. The molecule has 6 rings (SSSR count). The Morgan fingerprint density at radius 2 is 1.86 bits per heavy atom. The Balaban J connectivity index is 1.10. The molecule has 0 saturated carbocycles. The fourth-order valence-electron chi connectivity index (χ4n) is 4.82. The predicted molar refractivity (Wildman–Crippen MR) is 145 cm³/mol. The molecule has 1 saturated heterocycles. The molecule has 1 N–H and O–H groups in total. The number of likely N-dealkylation sites (tertiary alicyclic amines) is 1. The van der Waals surface area contributed by atoms with E-state index in [1.54, 1.807) is 10.7 Å². The van der Waals surface area contributed by atoms with Crippen LogP contribution in [0, 0.1) is 5.92 Å². The summed E-state index contributed by atoms with van der Waals surface area (Å²) in [6, 6.07) is 17.1. The van der Waals surface area contributed by atoms with E-state index in [9.17, 15) is 4.79 Å². The van der Waals surface area contributed by atoms with Crippen molar-refractivity contribution >= 4 is 44.9 Å². The third-order valence-corrected chi connectivity index (χ3v) is 7.75. The molecule has 4 aromatic rings. The minimum absolute atomic E-state index is 0.0115. The lowest BCUT2D eigenvalue weighted by molar-refractivity contribution is -0.142. The third kappa shape index (κ3) is 4.85. The molecule has 0 radical (unpaired) electrons. The fraction of sp³-hybridized carbons (Fsp3) is 0.296. The minimum Gasteiger partial charge on any atom is -0.485 e. The second kappa shape index (κ2) is 10.2. The SMILES string of the molecule is O=C(C1COc2ccccc2O1)N1CCC(CNc2cc(-c3ccccc3Cl)nc3c(Br)cnn23)CC1. The van der Waals surface area contributed by atoms with Gasteiger partial charge >= 0.3 is 0 Å². The van der Waals surface area contributed by atoms with Crippen LogP contribution < -0.4 is 14.8 Å². The number of para-hydroxylation sites is 2. The zero-order chi connectivity index (χ0) is 25.4. The molecule has 2 aromatic heterocycles. The van der Waals surface area contributed by atoms with Gasteiger partial charge in [-0.15, -0.1) is 0 Å². The summed E-state index contributed by atoms with van der Waals surface area (Å²) in [7, 11) is 0. The highest BCUT2D eigenvalue weighted by Gasteiger charge is 2.33. The molecule has 1 amide bonds. The van der Waals surface area contributed by atoms with E-state index >= 15 is 0 Å². The molecular formula is C27H25BrClN5O3. The number of ether oxygens (including phenoxy) is 2. The number of rotatable bonds is 5. The molecule has 2 aromatic carbocycles. The van der Waals surface area contributed by atoms with Gasteiger partial charge in [-0.05, 0) is 52.9 Å². The van der Waals surface area contributed by atoms with Crippen LogP contribution >= 0.6 is 27.5 Å². The number of hydrogen-bond acceptors (Lipinski definition) is 6. The molecule has 1 atom stereocenters. The average molecular weight is 583 g/mol. The van der Waals surface area contributed by atoms with Gasteiger partial charge in [0.2, 0.25) is 6.10 Å². The van der Waals surface area contributed by atoms with Gasteiger partial charge in [-0.3, -0.25) is 4.79 Å². The second-order valence-electron chi connectivity index (χ2n) is 9.25. The van der Waals surface area contributed by atoms with Crippen molar-refractivity contribution in [2.45, 2.75) is 18.9 Å². The van der Waals surface area contributed by atoms with Gasteiger partial charge in [-0.2, -0.15) is 9.61 Å². The average Bonchev–Trinajstić information content (AvgIpc) is 3.32. The standard InChI is InChI=1S/C27H25BrClN5O3/c28-19-15-31-34-25(13-21(32-26(19)34)18-5-1-2-6-20(18)29)30-14-17-9-11-33(12-10-17)27(35)24-16-36-22-7-3-4-8-23(22)37-24/h1-8,13,15,17,24,30H,9-12,14,16H2. The molecule has 0 aliphatic carbocycles. The number of aromatic nitrogens is 3. The van der Waals surface area contributed by atoms with Crippen molar-refractivity contribution < 1.29 is 14.3 Å². The summed E-state index contributed by atoms with van der Waals surface area (Å²) in [5.74, 6) is 2.55. The molecule has 2 aliphatic heterocycles. The van der Waals surface area contributed by atoms with Gasteiger partial charge in [0, 0.05) is 36.3 Å². The summed E-state index contributed by atoms with van der Waals surface area (Å²) in [6.07, 6.45) is 2.94. The normalized spacial score (nSPS) is 17.7. The number of nitrogens with one attached hydrogen (secondary N) is 1. The van der Waals surface area contributed by atoms with E-state index in [1.165, 1.54) is 0 Å². The van der Waals surface area contributed by atoms with Gasteiger partial charge in [-0.25, -0.2) is 4.98 Å². The zero-order valence-corrected chi connectivity index (χ0v) is 22.3. The van der Waals surface area contributed by atoms with Crippen LogP contribution in [0.15, 0.2) is 65.3 Å². The van der Waals surface area contributed by atoms with E-state index in [2.05, 4.69) is 26.3 Å². The Morgan fingerprint density at radius 1 is 1.11 bits per heavy atom. The van der Waals surface area contributed by atoms with Crippen molar-refractivity contribution in [1.82, 2.24) is 19.5 Å². The number of carbonyl (C=O) groups is 1. The first-order chi connectivity index (χ1) is 18.1. The molecular weight excluding hydrogens is 558 g/mol. The molecule has 0 bridgehead atoms. The lowest BCUT2D eigenvalue weighted by Gasteiger charge is -2.35. The van der Waals surface area contributed by atoms with Crippen LogP contribution in [-0.2, 0) is 4.79 Å². The number of fused-ring (bicyclic) bond motifs is 2. The summed E-state index contributed by atoms with van der Waals surface area (Å²) in [6.45, 7) is 2.38. The Labute approximate surface area is 227 Å². The van der Waals surface area contributed by atoms with Crippen molar-refractivity contribution in [3.05, 3.63) is 70.3 Å². The number of piperidine rings is 1. The van der Waals surface area contributed by atoms with E-state index < -0.39 is 6.10 Å². The number of amides is 1. The maximum atomic E-state index is 13.1. The molecule has 4 heterocycles. The second-order valence-corrected chi connectivity index (χ2v) is 10.5. The summed E-state index contributed by atoms with van der Waals surface area (Å²) in [5.41, 5.74) is 2.36. The van der Waals surface area contributed by atoms with Gasteiger partial charge in [0.05, 0.1) is 16.4 Å². The highest BCUT2D eigenvalue weighted by Crippen LogP contribution is 2.33. The summed E-state index contributed by atoms with van der Waals surface area (Å²) in [5, 5.41) is 8.69. The Hall–Kier alpha value is -3.30.